The van der Waals surface area contributed by atoms with Gasteiger partial charge in [0.25, 0.3) is 0 Å². The molecule has 0 unspecified atom stereocenters. The lowest BCUT2D eigenvalue weighted by Gasteiger charge is -2.29. The maximum Gasteiger partial charge on any atom is 0.413 e. The number of nitrogens with zero attached hydrogens (tertiary/aromatic N) is 1. The smallest absolute Gasteiger partial charge is 0.413 e. The SMILES string of the molecule is COC(=O)N1C=CCC[C@H]1COC(C)=O. The lowest BCUT2D eigenvalue weighted by atomic mass is 10.1. The number of methoxy groups -OCH3 is 1. The van der Waals surface area contributed by atoms with Gasteiger partial charge in [0, 0.05) is 13.1 Å². The first-order chi connectivity index (χ1) is 7.15. The maximum absolute atomic E-state index is 11.3. The van der Waals surface area contributed by atoms with Gasteiger partial charge in [-0.15, -0.1) is 0 Å². The fourth-order valence-corrected chi connectivity index (χ4v) is 1.43. The van der Waals surface area contributed by atoms with Crippen LogP contribution in [0.15, 0.2) is 12.3 Å². The van der Waals surface area contributed by atoms with Crippen LogP contribution in [0.5, 0.6) is 0 Å². The van der Waals surface area contributed by atoms with Crippen molar-refractivity contribution in [2.24, 2.45) is 0 Å². The summed E-state index contributed by atoms with van der Waals surface area (Å²) in [7, 11) is 1.33. The predicted molar refractivity (Wildman–Crippen MR) is 53.0 cm³/mol. The third-order valence-corrected chi connectivity index (χ3v) is 2.19. The molecular weight excluding hydrogens is 198 g/mol. The van der Waals surface area contributed by atoms with E-state index in [1.54, 1.807) is 6.20 Å². The van der Waals surface area contributed by atoms with E-state index in [1.807, 2.05) is 6.08 Å². The Hall–Kier alpha value is -1.52. The third-order valence-electron chi connectivity index (χ3n) is 2.19. The molecule has 1 heterocycles. The zero-order chi connectivity index (χ0) is 11.3. The lowest BCUT2D eigenvalue weighted by molar-refractivity contribution is -0.142. The van der Waals surface area contributed by atoms with Gasteiger partial charge in [-0.05, 0) is 12.8 Å². The van der Waals surface area contributed by atoms with Crippen molar-refractivity contribution in [1.82, 2.24) is 4.90 Å². The van der Waals surface area contributed by atoms with Gasteiger partial charge in [-0.1, -0.05) is 6.08 Å². The van der Waals surface area contributed by atoms with Gasteiger partial charge in [0.15, 0.2) is 0 Å². The number of carbonyl (C=O) groups is 2. The Morgan fingerprint density at radius 3 is 2.87 bits per heavy atom. The Kier molecular flexibility index (Phi) is 4.15. The summed E-state index contributed by atoms with van der Waals surface area (Å²) in [6.07, 6.45) is 4.78. The molecule has 1 aliphatic heterocycles. The van der Waals surface area contributed by atoms with Crippen molar-refractivity contribution in [2.45, 2.75) is 25.8 Å². The van der Waals surface area contributed by atoms with Crippen molar-refractivity contribution >= 4 is 12.1 Å². The second kappa shape index (κ2) is 5.38. The van der Waals surface area contributed by atoms with Gasteiger partial charge in [0.05, 0.1) is 13.2 Å². The van der Waals surface area contributed by atoms with Crippen LogP contribution in [0.4, 0.5) is 4.79 Å². The summed E-state index contributed by atoms with van der Waals surface area (Å²) in [4.78, 5) is 23.4. The minimum atomic E-state index is -0.428. The molecule has 15 heavy (non-hydrogen) atoms. The Bertz CT molecular complexity index is 275. The fraction of sp³-hybridized carbons (Fsp3) is 0.600. The molecule has 0 aromatic rings. The second-order valence-corrected chi connectivity index (χ2v) is 3.30. The Morgan fingerprint density at radius 2 is 2.27 bits per heavy atom. The highest BCUT2D eigenvalue weighted by molar-refractivity contribution is 5.69. The molecule has 5 nitrogen and oxygen atoms in total. The van der Waals surface area contributed by atoms with Crippen LogP contribution in [0.25, 0.3) is 0 Å². The monoisotopic (exact) mass is 213 g/mol. The standard InChI is InChI=1S/C10H15NO4/c1-8(12)15-7-9-5-3-4-6-11(9)10(13)14-2/h4,6,9H,3,5,7H2,1-2H3/t9-/m0/s1. The van der Waals surface area contributed by atoms with E-state index in [1.165, 1.54) is 18.9 Å². The Morgan fingerprint density at radius 1 is 1.53 bits per heavy atom. The van der Waals surface area contributed by atoms with Crippen LogP contribution in [0.1, 0.15) is 19.8 Å². The van der Waals surface area contributed by atoms with Crippen molar-refractivity contribution in [2.75, 3.05) is 13.7 Å². The summed E-state index contributed by atoms with van der Waals surface area (Å²) in [5.41, 5.74) is 0. The van der Waals surface area contributed by atoms with Gasteiger partial charge in [-0.3, -0.25) is 9.69 Å². The van der Waals surface area contributed by atoms with E-state index in [0.29, 0.717) is 0 Å². The van der Waals surface area contributed by atoms with Crippen molar-refractivity contribution in [3.05, 3.63) is 12.3 Å². The summed E-state index contributed by atoms with van der Waals surface area (Å²) in [5, 5.41) is 0. The average Bonchev–Trinajstić information content (AvgIpc) is 2.25. The molecule has 1 aliphatic rings. The van der Waals surface area contributed by atoms with Crippen LogP contribution in [0.2, 0.25) is 0 Å². The van der Waals surface area contributed by atoms with E-state index in [2.05, 4.69) is 4.74 Å². The van der Waals surface area contributed by atoms with E-state index in [4.69, 9.17) is 4.74 Å². The van der Waals surface area contributed by atoms with E-state index in [0.717, 1.165) is 12.8 Å². The Labute approximate surface area is 88.6 Å². The number of esters is 1. The van der Waals surface area contributed by atoms with Crippen LogP contribution in [-0.4, -0.2) is 36.7 Å². The first-order valence-electron chi connectivity index (χ1n) is 4.81. The minimum Gasteiger partial charge on any atom is -0.464 e. The summed E-state index contributed by atoms with van der Waals surface area (Å²) < 4.78 is 9.51. The van der Waals surface area contributed by atoms with Crippen LogP contribution >= 0.6 is 0 Å². The summed E-state index contributed by atoms with van der Waals surface area (Å²) in [6.45, 7) is 1.57. The molecule has 0 spiro atoms. The molecule has 0 aromatic carbocycles. The molecule has 1 atom stereocenters. The number of carbonyl (C=O) groups excluding carboxylic acids is 2. The van der Waals surface area contributed by atoms with Crippen molar-refractivity contribution in [1.29, 1.82) is 0 Å². The first kappa shape index (κ1) is 11.6. The number of ether oxygens (including phenoxy) is 2. The summed E-state index contributed by atoms with van der Waals surface area (Å²) >= 11 is 0. The van der Waals surface area contributed by atoms with Crippen LogP contribution in [0, 0.1) is 0 Å². The first-order valence-corrected chi connectivity index (χ1v) is 4.81. The van der Waals surface area contributed by atoms with Gasteiger partial charge < -0.3 is 9.47 Å². The summed E-state index contributed by atoms with van der Waals surface area (Å²) in [5.74, 6) is -0.339. The number of hydrogen-bond acceptors (Lipinski definition) is 4. The van der Waals surface area contributed by atoms with Crippen LogP contribution in [-0.2, 0) is 14.3 Å². The molecule has 0 fully saturated rings. The van der Waals surface area contributed by atoms with E-state index in [-0.39, 0.29) is 18.6 Å². The third kappa shape index (κ3) is 3.27. The fourth-order valence-electron chi connectivity index (χ4n) is 1.43. The quantitative estimate of drug-likeness (QED) is 0.649. The number of allylic oxidation sites excluding steroid dienone is 1. The zero-order valence-corrected chi connectivity index (χ0v) is 8.93. The summed E-state index contributed by atoms with van der Waals surface area (Å²) in [6, 6.07) is -0.119. The van der Waals surface area contributed by atoms with Crippen molar-refractivity contribution < 1.29 is 19.1 Å². The van der Waals surface area contributed by atoms with E-state index >= 15 is 0 Å². The molecule has 0 aliphatic carbocycles. The van der Waals surface area contributed by atoms with Crippen molar-refractivity contribution in [3.8, 4) is 0 Å². The zero-order valence-electron chi connectivity index (χ0n) is 8.93. The molecule has 0 radical (unpaired) electrons. The predicted octanol–water partition coefficient (Wildman–Crippen LogP) is 1.29. The highest BCUT2D eigenvalue weighted by atomic mass is 16.5. The molecule has 0 saturated heterocycles. The molecule has 1 amide bonds. The van der Waals surface area contributed by atoms with Gasteiger partial charge in [0.1, 0.15) is 6.61 Å². The maximum atomic E-state index is 11.3. The van der Waals surface area contributed by atoms with Crippen LogP contribution < -0.4 is 0 Å². The number of hydrogen-bond donors (Lipinski definition) is 0. The number of rotatable bonds is 2. The van der Waals surface area contributed by atoms with Gasteiger partial charge >= 0.3 is 12.1 Å². The highest BCUT2D eigenvalue weighted by Gasteiger charge is 2.25. The molecular formula is C10H15NO4. The normalized spacial score (nSPS) is 19.9. The molecule has 0 saturated carbocycles. The molecule has 0 bridgehead atoms. The van der Waals surface area contributed by atoms with Crippen LogP contribution in [0.3, 0.4) is 0 Å². The molecule has 0 aromatic heterocycles. The molecule has 1 rings (SSSR count). The van der Waals surface area contributed by atoms with E-state index in [9.17, 15) is 9.59 Å². The molecule has 0 N–H and O–H groups in total. The highest BCUT2D eigenvalue weighted by Crippen LogP contribution is 2.16. The molecule has 84 valence electrons. The number of amides is 1. The minimum absolute atomic E-state index is 0.119. The molecule has 5 heteroatoms. The lowest BCUT2D eigenvalue weighted by Crippen LogP contribution is -2.41. The second-order valence-electron chi connectivity index (χ2n) is 3.30. The Balaban J connectivity index is 2.56. The van der Waals surface area contributed by atoms with Gasteiger partial charge in [-0.25, -0.2) is 4.79 Å². The van der Waals surface area contributed by atoms with Gasteiger partial charge in [-0.2, -0.15) is 0 Å². The van der Waals surface area contributed by atoms with E-state index < -0.39 is 6.09 Å². The average molecular weight is 213 g/mol. The van der Waals surface area contributed by atoms with Crippen molar-refractivity contribution in [3.63, 3.8) is 0 Å². The van der Waals surface area contributed by atoms with Gasteiger partial charge in [0.2, 0.25) is 0 Å². The topological polar surface area (TPSA) is 55.8 Å². The largest absolute Gasteiger partial charge is 0.464 e.